The second-order valence-corrected chi connectivity index (χ2v) is 6.04. The topological polar surface area (TPSA) is 80.9 Å². The van der Waals surface area contributed by atoms with E-state index in [1.165, 1.54) is 4.52 Å². The Morgan fingerprint density at radius 3 is 2.35 bits per heavy atom. The summed E-state index contributed by atoms with van der Waals surface area (Å²) >= 11 is 0. The molecule has 0 fully saturated rings. The molecule has 0 atom stereocenters. The zero-order valence-electron chi connectivity index (χ0n) is 13.9. The Morgan fingerprint density at radius 1 is 0.923 bits per heavy atom. The van der Waals surface area contributed by atoms with Crippen LogP contribution in [-0.2, 0) is 0 Å². The molecule has 0 saturated carbocycles. The van der Waals surface area contributed by atoms with E-state index in [0.29, 0.717) is 16.9 Å². The first-order chi connectivity index (χ1) is 12.7. The molecule has 26 heavy (non-hydrogen) atoms. The molecule has 7 nitrogen and oxygen atoms in total. The van der Waals surface area contributed by atoms with E-state index in [1.807, 2.05) is 67.6 Å². The van der Waals surface area contributed by atoms with Crippen LogP contribution in [-0.4, -0.2) is 29.4 Å². The van der Waals surface area contributed by atoms with Crippen LogP contribution in [0.5, 0.6) is 0 Å². The predicted molar refractivity (Wildman–Crippen MR) is 98.4 cm³/mol. The molecule has 0 unspecified atom stereocenters. The molecule has 3 heterocycles. The first kappa shape index (κ1) is 14.6. The average molecular weight is 342 g/mol. The van der Waals surface area contributed by atoms with Gasteiger partial charge in [0.25, 0.3) is 11.3 Å². The van der Waals surface area contributed by atoms with Gasteiger partial charge in [0.1, 0.15) is 5.39 Å². The molecule has 0 aliphatic rings. The summed E-state index contributed by atoms with van der Waals surface area (Å²) in [6.45, 7) is 1.85. The fourth-order valence-electron chi connectivity index (χ4n) is 3.10. The lowest BCUT2D eigenvalue weighted by Crippen LogP contribution is -2.16. The summed E-state index contributed by atoms with van der Waals surface area (Å²) in [6, 6.07) is 19.3. The van der Waals surface area contributed by atoms with Crippen molar-refractivity contribution in [3.05, 3.63) is 76.7 Å². The Morgan fingerprint density at radius 2 is 1.62 bits per heavy atom. The van der Waals surface area contributed by atoms with Gasteiger partial charge in [0.15, 0.2) is 11.5 Å². The van der Waals surface area contributed by atoms with Gasteiger partial charge in [0.2, 0.25) is 0 Å². The Balaban J connectivity index is 1.82. The van der Waals surface area contributed by atoms with Crippen LogP contribution in [0, 0.1) is 6.92 Å². The molecule has 5 aromatic rings. The standard InChI is InChI=1S/C19H14N6O/c1-12-15-17(24(22-12)14-10-6-3-7-11-14)21-19-20-16(23-25(19)18(15)26)13-8-4-2-5-9-13/h2-11,22H,1H3. The number of rotatable bonds is 2. The van der Waals surface area contributed by atoms with Gasteiger partial charge in [-0.25, -0.2) is 4.68 Å². The second kappa shape index (κ2) is 5.38. The molecule has 0 radical (unpaired) electrons. The highest BCUT2D eigenvalue weighted by Crippen LogP contribution is 2.19. The third kappa shape index (κ3) is 2.07. The summed E-state index contributed by atoms with van der Waals surface area (Å²) < 4.78 is 3.06. The minimum atomic E-state index is -0.233. The Hall–Kier alpha value is -3.74. The molecular weight excluding hydrogens is 328 g/mol. The van der Waals surface area contributed by atoms with Crippen molar-refractivity contribution in [2.45, 2.75) is 6.92 Å². The van der Waals surface area contributed by atoms with Crippen LogP contribution in [0.2, 0.25) is 0 Å². The van der Waals surface area contributed by atoms with Crippen LogP contribution in [0.15, 0.2) is 65.5 Å². The summed E-state index contributed by atoms with van der Waals surface area (Å²) in [6.07, 6.45) is 0. The van der Waals surface area contributed by atoms with E-state index in [2.05, 4.69) is 20.2 Å². The van der Waals surface area contributed by atoms with Gasteiger partial charge < -0.3 is 0 Å². The second-order valence-electron chi connectivity index (χ2n) is 6.04. The number of hydrogen-bond acceptors (Lipinski definition) is 4. The van der Waals surface area contributed by atoms with Crippen molar-refractivity contribution in [3.63, 3.8) is 0 Å². The van der Waals surface area contributed by atoms with E-state index in [-0.39, 0.29) is 11.3 Å². The van der Waals surface area contributed by atoms with Crippen molar-refractivity contribution in [3.8, 4) is 17.1 Å². The average Bonchev–Trinajstić information content (AvgIpc) is 3.25. The minimum absolute atomic E-state index is 0.233. The Kier molecular flexibility index (Phi) is 3.02. The van der Waals surface area contributed by atoms with Gasteiger partial charge in [-0.15, -0.1) is 5.10 Å². The number of aryl methyl sites for hydroxylation is 1. The molecule has 0 bridgehead atoms. The van der Waals surface area contributed by atoms with Gasteiger partial charge in [-0.05, 0) is 19.1 Å². The highest BCUT2D eigenvalue weighted by molar-refractivity contribution is 5.80. The molecule has 0 amide bonds. The van der Waals surface area contributed by atoms with Gasteiger partial charge >= 0.3 is 0 Å². The molecule has 2 aromatic carbocycles. The quantitative estimate of drug-likeness (QED) is 0.535. The first-order valence-corrected chi connectivity index (χ1v) is 8.21. The van der Waals surface area contributed by atoms with Crippen molar-refractivity contribution in [1.82, 2.24) is 29.4 Å². The van der Waals surface area contributed by atoms with E-state index in [1.54, 1.807) is 4.68 Å². The highest BCUT2D eigenvalue weighted by Gasteiger charge is 2.18. The van der Waals surface area contributed by atoms with Gasteiger partial charge in [-0.3, -0.25) is 9.89 Å². The summed E-state index contributed by atoms with van der Waals surface area (Å²) in [5, 5.41) is 8.07. The van der Waals surface area contributed by atoms with Crippen LogP contribution in [0.3, 0.4) is 0 Å². The number of nitrogens with one attached hydrogen (secondary N) is 1. The van der Waals surface area contributed by atoms with Gasteiger partial charge in [0, 0.05) is 11.3 Å². The molecule has 7 heteroatoms. The lowest BCUT2D eigenvalue weighted by molar-refractivity contribution is 0.873. The molecule has 126 valence electrons. The third-order valence-electron chi connectivity index (χ3n) is 4.34. The fraction of sp³-hybridized carbons (Fsp3) is 0.0526. The van der Waals surface area contributed by atoms with Crippen LogP contribution in [0.1, 0.15) is 5.69 Å². The minimum Gasteiger partial charge on any atom is -0.296 e. The molecule has 0 spiro atoms. The number of H-pyrrole nitrogens is 1. The molecule has 3 aromatic heterocycles. The van der Waals surface area contributed by atoms with E-state index in [4.69, 9.17) is 0 Å². The molecule has 0 saturated heterocycles. The van der Waals surface area contributed by atoms with Crippen molar-refractivity contribution >= 4 is 16.8 Å². The summed E-state index contributed by atoms with van der Waals surface area (Å²) in [4.78, 5) is 22.0. The lowest BCUT2D eigenvalue weighted by atomic mass is 10.2. The van der Waals surface area contributed by atoms with Crippen molar-refractivity contribution in [2.24, 2.45) is 0 Å². The SMILES string of the molecule is Cc1[nH]n(-c2ccccc2)c2nc3nc(-c4ccccc4)nn3c(=O)c12. The van der Waals surface area contributed by atoms with E-state index >= 15 is 0 Å². The van der Waals surface area contributed by atoms with Gasteiger partial charge in [-0.1, -0.05) is 48.5 Å². The Bertz CT molecular complexity index is 1300. The Labute approximate surface area is 147 Å². The maximum absolute atomic E-state index is 13.0. The van der Waals surface area contributed by atoms with Crippen molar-refractivity contribution < 1.29 is 0 Å². The molecule has 1 N–H and O–H groups in total. The number of fused-ring (bicyclic) bond motifs is 2. The number of hydrogen-bond donors (Lipinski definition) is 1. The molecule has 0 aliphatic carbocycles. The first-order valence-electron chi connectivity index (χ1n) is 8.21. The van der Waals surface area contributed by atoms with Crippen molar-refractivity contribution in [2.75, 3.05) is 0 Å². The number of aromatic amines is 1. The number of nitrogens with zero attached hydrogens (tertiary/aromatic N) is 5. The summed E-state index contributed by atoms with van der Waals surface area (Å²) in [5.74, 6) is 0.765. The molecule has 0 aliphatic heterocycles. The maximum Gasteiger partial charge on any atom is 0.287 e. The number of benzene rings is 2. The fourth-order valence-corrected chi connectivity index (χ4v) is 3.10. The molecule has 5 rings (SSSR count). The van der Waals surface area contributed by atoms with Gasteiger partial charge in [0.05, 0.1) is 5.69 Å². The van der Waals surface area contributed by atoms with Crippen LogP contribution in [0.4, 0.5) is 0 Å². The normalized spacial score (nSPS) is 11.4. The monoisotopic (exact) mass is 342 g/mol. The number of para-hydroxylation sites is 1. The zero-order valence-corrected chi connectivity index (χ0v) is 13.9. The zero-order chi connectivity index (χ0) is 17.7. The molecular formula is C19H14N6O. The van der Waals surface area contributed by atoms with Crippen LogP contribution >= 0.6 is 0 Å². The largest absolute Gasteiger partial charge is 0.296 e. The highest BCUT2D eigenvalue weighted by atomic mass is 16.1. The van der Waals surface area contributed by atoms with Crippen LogP contribution < -0.4 is 5.56 Å². The van der Waals surface area contributed by atoms with E-state index in [9.17, 15) is 4.79 Å². The van der Waals surface area contributed by atoms with Crippen molar-refractivity contribution in [1.29, 1.82) is 0 Å². The van der Waals surface area contributed by atoms with E-state index < -0.39 is 0 Å². The third-order valence-corrected chi connectivity index (χ3v) is 4.34. The maximum atomic E-state index is 13.0. The summed E-state index contributed by atoms with van der Waals surface area (Å²) in [5.41, 5.74) is 2.78. The predicted octanol–water partition coefficient (Wildman–Crippen LogP) is 2.73. The van der Waals surface area contributed by atoms with Gasteiger partial charge in [-0.2, -0.15) is 14.5 Å². The smallest absolute Gasteiger partial charge is 0.287 e. The number of aromatic nitrogens is 6. The van der Waals surface area contributed by atoms with Crippen LogP contribution in [0.25, 0.3) is 33.9 Å². The van der Waals surface area contributed by atoms with E-state index in [0.717, 1.165) is 16.9 Å². The summed E-state index contributed by atoms with van der Waals surface area (Å²) in [7, 11) is 0. The lowest BCUT2D eigenvalue weighted by Gasteiger charge is -2.03.